The maximum Gasteiger partial charge on any atom is 1.00 e. The van der Waals surface area contributed by atoms with Gasteiger partial charge in [-0.15, -0.1) is 0 Å². The average molecular weight is 423 g/mol. The van der Waals surface area contributed by atoms with E-state index in [-0.39, 0.29) is 47.8 Å². The number of aryl methyl sites for hydroxylation is 1. The maximum atomic E-state index is 14.7. The standard InChI is InChI=1S/C15H10BrClFN3O2.Na.H/c1-21-6-19-14-11(21)5-8(15(22)23)13(12(14)18)20-10-3-2-7(16)4-9(10)17;;/h2-6,20H,1H3,(H,22,23);;/q;+1;-1. The molecule has 0 fully saturated rings. The van der Waals surface area contributed by atoms with Crippen LogP contribution in [0.15, 0.2) is 35.1 Å². The number of fused-ring (bicyclic) bond motifs is 1. The van der Waals surface area contributed by atoms with E-state index in [4.69, 9.17) is 11.6 Å². The van der Waals surface area contributed by atoms with Gasteiger partial charge in [-0.25, -0.2) is 14.2 Å². The van der Waals surface area contributed by atoms with E-state index in [0.29, 0.717) is 16.2 Å². The third-order valence-electron chi connectivity index (χ3n) is 3.38. The summed E-state index contributed by atoms with van der Waals surface area (Å²) in [7, 11) is 1.67. The quantitative estimate of drug-likeness (QED) is 0.631. The first-order valence-corrected chi connectivity index (χ1v) is 7.64. The van der Waals surface area contributed by atoms with Gasteiger partial charge in [0.15, 0.2) is 5.82 Å². The Bertz CT molecular complexity index is 954. The second kappa shape index (κ2) is 7.41. The number of carbonyl (C=O) groups is 1. The Hall–Kier alpha value is -1.12. The second-order valence-corrected chi connectivity index (χ2v) is 6.21. The minimum absolute atomic E-state index is 0. The minimum atomic E-state index is -1.25. The predicted octanol–water partition coefficient (Wildman–Crippen LogP) is 1.69. The molecule has 0 aliphatic carbocycles. The summed E-state index contributed by atoms with van der Waals surface area (Å²) in [5.74, 6) is -1.98. The number of anilines is 2. The van der Waals surface area contributed by atoms with Gasteiger partial charge in [0, 0.05) is 11.5 Å². The summed E-state index contributed by atoms with van der Waals surface area (Å²) < 4.78 is 17.1. The van der Waals surface area contributed by atoms with Crippen molar-refractivity contribution in [3.05, 3.63) is 51.5 Å². The summed E-state index contributed by atoms with van der Waals surface area (Å²) in [4.78, 5) is 15.5. The average Bonchev–Trinajstić information content (AvgIpc) is 2.85. The first-order chi connectivity index (χ1) is 10.9. The van der Waals surface area contributed by atoms with Gasteiger partial charge in [0.1, 0.15) is 5.52 Å². The maximum absolute atomic E-state index is 14.7. The molecule has 0 bridgehead atoms. The van der Waals surface area contributed by atoms with E-state index in [1.165, 1.54) is 12.4 Å². The molecule has 5 nitrogen and oxygen atoms in total. The van der Waals surface area contributed by atoms with Crippen LogP contribution in [0.5, 0.6) is 0 Å². The van der Waals surface area contributed by atoms with Crippen LogP contribution in [0.3, 0.4) is 0 Å². The number of imidazole rings is 1. The number of hydrogen-bond acceptors (Lipinski definition) is 3. The van der Waals surface area contributed by atoms with E-state index >= 15 is 0 Å². The molecule has 0 aliphatic rings. The molecule has 0 saturated heterocycles. The molecule has 0 atom stereocenters. The van der Waals surface area contributed by atoms with Crippen LogP contribution in [0.4, 0.5) is 15.8 Å². The van der Waals surface area contributed by atoms with Gasteiger partial charge in [-0.05, 0) is 24.3 Å². The van der Waals surface area contributed by atoms with Crippen molar-refractivity contribution < 1.29 is 45.3 Å². The van der Waals surface area contributed by atoms with Crippen molar-refractivity contribution in [3.8, 4) is 0 Å². The Morgan fingerprint density at radius 1 is 1.46 bits per heavy atom. The fraction of sp³-hybridized carbons (Fsp3) is 0.0667. The number of aromatic carboxylic acids is 1. The van der Waals surface area contributed by atoms with Crippen molar-refractivity contribution in [1.29, 1.82) is 0 Å². The van der Waals surface area contributed by atoms with E-state index in [2.05, 4.69) is 26.2 Å². The first-order valence-electron chi connectivity index (χ1n) is 6.47. The molecule has 2 N–H and O–H groups in total. The van der Waals surface area contributed by atoms with Gasteiger partial charge < -0.3 is 16.4 Å². The van der Waals surface area contributed by atoms with Crippen molar-refractivity contribution in [1.82, 2.24) is 9.55 Å². The molecule has 24 heavy (non-hydrogen) atoms. The van der Waals surface area contributed by atoms with E-state index in [9.17, 15) is 14.3 Å². The molecule has 1 aromatic heterocycles. The van der Waals surface area contributed by atoms with Gasteiger partial charge in [-0.2, -0.15) is 0 Å². The number of nitrogens with zero attached hydrogens (tertiary/aromatic N) is 2. The normalized spacial score (nSPS) is 10.5. The zero-order valence-corrected chi connectivity index (χ0v) is 17.1. The topological polar surface area (TPSA) is 67.2 Å². The Kier molecular flexibility index (Phi) is 5.93. The van der Waals surface area contributed by atoms with Gasteiger partial charge in [0.2, 0.25) is 0 Å². The van der Waals surface area contributed by atoms with E-state index in [1.54, 1.807) is 29.8 Å². The number of nitrogens with one attached hydrogen (secondary N) is 1. The van der Waals surface area contributed by atoms with Gasteiger partial charge in [0.05, 0.1) is 33.8 Å². The van der Waals surface area contributed by atoms with Crippen molar-refractivity contribution >= 4 is 55.9 Å². The summed E-state index contributed by atoms with van der Waals surface area (Å²) in [6, 6.07) is 6.34. The molecule has 3 aromatic rings. The monoisotopic (exact) mass is 421 g/mol. The largest absolute Gasteiger partial charge is 1.00 e. The minimum Gasteiger partial charge on any atom is -1.00 e. The second-order valence-electron chi connectivity index (χ2n) is 4.89. The molecule has 0 spiro atoms. The molecule has 0 aliphatic heterocycles. The van der Waals surface area contributed by atoms with E-state index < -0.39 is 11.8 Å². The number of halogens is 3. The number of rotatable bonds is 3. The van der Waals surface area contributed by atoms with Crippen molar-refractivity contribution in [3.63, 3.8) is 0 Å². The summed E-state index contributed by atoms with van der Waals surface area (Å²) in [5, 5.41) is 12.5. The number of carboxylic acids is 1. The van der Waals surface area contributed by atoms with Crippen molar-refractivity contribution in [2.75, 3.05) is 5.32 Å². The fourth-order valence-electron chi connectivity index (χ4n) is 2.24. The third-order valence-corrected chi connectivity index (χ3v) is 4.19. The summed E-state index contributed by atoms with van der Waals surface area (Å²) in [6.07, 6.45) is 1.43. The zero-order valence-electron chi connectivity index (χ0n) is 13.8. The van der Waals surface area contributed by atoms with Gasteiger partial charge in [-0.3, -0.25) is 0 Å². The Labute approximate surface area is 173 Å². The predicted molar refractivity (Wildman–Crippen MR) is 91.2 cm³/mol. The molecular weight excluding hydrogens is 412 g/mol. The Balaban J connectivity index is 0.00000156. The number of hydrogen-bond donors (Lipinski definition) is 2. The zero-order chi connectivity index (χ0) is 16.7. The van der Waals surface area contributed by atoms with Crippen molar-refractivity contribution in [2.24, 2.45) is 7.05 Å². The molecular formula is C15H11BrClFN3NaO2. The van der Waals surface area contributed by atoms with Crippen molar-refractivity contribution in [2.45, 2.75) is 0 Å². The molecule has 0 saturated carbocycles. The number of carboxylic acid groups (broad SMARTS) is 1. The fourth-order valence-corrected chi connectivity index (χ4v) is 2.96. The Morgan fingerprint density at radius 3 is 2.79 bits per heavy atom. The SMILES string of the molecule is Cn1cnc2c(F)c(Nc3ccc(Br)cc3Cl)c(C(=O)O)cc21.[H-].[Na+]. The van der Waals surface area contributed by atoms with Crippen LogP contribution in [-0.2, 0) is 7.05 Å². The molecule has 0 unspecified atom stereocenters. The van der Waals surface area contributed by atoms with Crippen LogP contribution >= 0.6 is 27.5 Å². The van der Waals surface area contributed by atoms with Gasteiger partial charge >= 0.3 is 35.5 Å². The number of benzene rings is 2. The third kappa shape index (κ3) is 3.45. The van der Waals surface area contributed by atoms with Gasteiger partial charge in [0.25, 0.3) is 0 Å². The molecule has 2 aromatic carbocycles. The molecule has 0 amide bonds. The first kappa shape index (κ1) is 19.2. The molecule has 0 radical (unpaired) electrons. The van der Waals surface area contributed by atoms with Gasteiger partial charge in [-0.1, -0.05) is 27.5 Å². The number of aromatic nitrogens is 2. The summed E-state index contributed by atoms with van der Waals surface area (Å²) in [6.45, 7) is 0. The van der Waals surface area contributed by atoms with Crippen LogP contribution < -0.4 is 34.9 Å². The van der Waals surface area contributed by atoms with Crippen LogP contribution in [0, 0.1) is 5.82 Å². The van der Waals surface area contributed by atoms with E-state index in [1.807, 2.05) is 0 Å². The molecule has 9 heteroatoms. The van der Waals surface area contributed by atoms with Crippen LogP contribution in [-0.4, -0.2) is 20.6 Å². The smallest absolute Gasteiger partial charge is 1.00 e. The van der Waals surface area contributed by atoms with E-state index in [0.717, 1.165) is 4.47 Å². The Morgan fingerprint density at radius 2 is 2.17 bits per heavy atom. The van der Waals surface area contributed by atoms with Crippen LogP contribution in [0.2, 0.25) is 5.02 Å². The molecule has 1 heterocycles. The van der Waals surface area contributed by atoms with Crippen LogP contribution in [0.25, 0.3) is 11.0 Å². The molecule has 120 valence electrons. The molecule has 3 rings (SSSR count). The summed E-state index contributed by atoms with van der Waals surface area (Å²) in [5.41, 5.74) is 0.512. The summed E-state index contributed by atoms with van der Waals surface area (Å²) >= 11 is 9.38. The van der Waals surface area contributed by atoms with Crippen LogP contribution in [0.1, 0.15) is 11.8 Å².